The molecule has 6 nitrogen and oxygen atoms in total. The highest BCUT2D eigenvalue weighted by atomic mass is 16.6. The van der Waals surface area contributed by atoms with Gasteiger partial charge in [-0.05, 0) is 37.8 Å². The first-order valence-corrected chi connectivity index (χ1v) is 9.61. The van der Waals surface area contributed by atoms with Crippen LogP contribution in [0.1, 0.15) is 68.8 Å². The minimum absolute atomic E-state index is 0.105. The molecular formula is C22H25NO5. The van der Waals surface area contributed by atoms with Crippen molar-refractivity contribution in [1.29, 1.82) is 5.26 Å². The Morgan fingerprint density at radius 1 is 1.18 bits per heavy atom. The highest BCUT2D eigenvalue weighted by Gasteiger charge is 2.38. The number of carbonyl (C=O) groups is 2. The first-order chi connectivity index (χ1) is 13.3. The van der Waals surface area contributed by atoms with Gasteiger partial charge in [0.15, 0.2) is 0 Å². The minimum atomic E-state index is -1.07. The van der Waals surface area contributed by atoms with Crippen molar-refractivity contribution in [2.75, 3.05) is 0 Å². The van der Waals surface area contributed by atoms with Gasteiger partial charge in [-0.3, -0.25) is 0 Å². The zero-order valence-corrected chi connectivity index (χ0v) is 16.5. The zero-order chi connectivity index (χ0) is 20.3. The number of rotatable bonds is 4. The Morgan fingerprint density at radius 2 is 1.89 bits per heavy atom. The molecule has 1 fully saturated rings. The predicted octanol–water partition coefficient (Wildman–Crippen LogP) is 4.75. The van der Waals surface area contributed by atoms with Gasteiger partial charge < -0.3 is 13.9 Å². The maximum atomic E-state index is 13.0. The number of esters is 2. The molecule has 1 unspecified atom stereocenters. The average Bonchev–Trinajstić information content (AvgIpc) is 3.13. The second kappa shape index (κ2) is 8.05. The summed E-state index contributed by atoms with van der Waals surface area (Å²) in [6, 6.07) is 5.25. The van der Waals surface area contributed by atoms with Gasteiger partial charge in [-0.1, -0.05) is 27.2 Å². The van der Waals surface area contributed by atoms with E-state index in [9.17, 15) is 14.9 Å². The quantitative estimate of drug-likeness (QED) is 0.708. The van der Waals surface area contributed by atoms with Crippen molar-refractivity contribution in [2.24, 2.45) is 5.41 Å². The predicted molar refractivity (Wildman–Crippen MR) is 103 cm³/mol. The van der Waals surface area contributed by atoms with Crippen LogP contribution in [0.4, 0.5) is 0 Å². The van der Waals surface area contributed by atoms with Gasteiger partial charge in [-0.15, -0.1) is 0 Å². The maximum Gasteiger partial charge on any atom is 0.348 e. The van der Waals surface area contributed by atoms with Crippen LogP contribution < -0.4 is 0 Å². The molecule has 148 valence electrons. The molecule has 6 heteroatoms. The van der Waals surface area contributed by atoms with E-state index < -0.39 is 23.5 Å². The van der Waals surface area contributed by atoms with E-state index in [-0.39, 0.29) is 17.2 Å². The Bertz CT molecular complexity index is 909. The average molecular weight is 383 g/mol. The molecule has 28 heavy (non-hydrogen) atoms. The van der Waals surface area contributed by atoms with Crippen molar-refractivity contribution in [3.05, 3.63) is 35.8 Å². The molecule has 0 N–H and O–H groups in total. The Hall–Kier alpha value is -2.81. The molecular weight excluding hydrogens is 358 g/mol. The number of benzene rings is 1. The number of nitriles is 1. The smallest absolute Gasteiger partial charge is 0.348 e. The standard InChI is InChI=1S/C22H25NO5/c1-22(2,3)19(21(25)27-16-7-5-4-6-8-16)28-20(24)18-14(11-23)9-10-15-12-26-13-17(15)18/h9-10,12-13,16,19H,4-8H2,1-3H3. The third-order valence-corrected chi connectivity index (χ3v) is 5.05. The number of carbonyl (C=O) groups excluding carboxylic acids is 2. The Labute approximate surface area is 164 Å². The summed E-state index contributed by atoms with van der Waals surface area (Å²) in [7, 11) is 0. The molecule has 1 atom stereocenters. The van der Waals surface area contributed by atoms with E-state index in [1.807, 2.05) is 26.8 Å². The fourth-order valence-electron chi connectivity index (χ4n) is 3.51. The number of ether oxygens (including phenoxy) is 2. The molecule has 1 aromatic heterocycles. The van der Waals surface area contributed by atoms with Crippen LogP contribution in [0.2, 0.25) is 0 Å². The lowest BCUT2D eigenvalue weighted by Gasteiger charge is -2.31. The first-order valence-electron chi connectivity index (χ1n) is 9.61. The van der Waals surface area contributed by atoms with Crippen molar-refractivity contribution in [3.8, 4) is 6.07 Å². The van der Waals surface area contributed by atoms with Crippen LogP contribution in [0.5, 0.6) is 0 Å². The van der Waals surface area contributed by atoms with Crippen molar-refractivity contribution in [3.63, 3.8) is 0 Å². The Kier molecular flexibility index (Phi) is 5.73. The van der Waals surface area contributed by atoms with Crippen molar-refractivity contribution in [1.82, 2.24) is 0 Å². The van der Waals surface area contributed by atoms with Crippen LogP contribution in [0.3, 0.4) is 0 Å². The molecule has 0 bridgehead atoms. The molecule has 0 amide bonds. The van der Waals surface area contributed by atoms with Gasteiger partial charge in [0.2, 0.25) is 6.10 Å². The van der Waals surface area contributed by atoms with Crippen LogP contribution in [-0.4, -0.2) is 24.1 Å². The molecule has 0 saturated heterocycles. The zero-order valence-electron chi connectivity index (χ0n) is 16.5. The Morgan fingerprint density at radius 3 is 2.54 bits per heavy atom. The molecule has 1 heterocycles. The molecule has 0 aliphatic heterocycles. The maximum absolute atomic E-state index is 13.0. The summed E-state index contributed by atoms with van der Waals surface area (Å²) < 4.78 is 16.4. The summed E-state index contributed by atoms with van der Waals surface area (Å²) in [4.78, 5) is 25.8. The fraction of sp³-hybridized carbons (Fsp3) is 0.500. The van der Waals surface area contributed by atoms with Crippen LogP contribution in [0.25, 0.3) is 10.8 Å². The summed E-state index contributed by atoms with van der Waals surface area (Å²) >= 11 is 0. The van der Waals surface area contributed by atoms with E-state index in [0.29, 0.717) is 10.8 Å². The van der Waals surface area contributed by atoms with Gasteiger partial charge in [-0.25, -0.2) is 9.59 Å². The molecule has 3 rings (SSSR count). The monoisotopic (exact) mass is 383 g/mol. The normalized spacial score (nSPS) is 16.4. The second-order valence-electron chi connectivity index (χ2n) is 8.32. The molecule has 0 radical (unpaired) electrons. The van der Waals surface area contributed by atoms with E-state index in [2.05, 4.69) is 0 Å². The highest BCUT2D eigenvalue weighted by molar-refractivity contribution is 6.06. The lowest BCUT2D eigenvalue weighted by molar-refractivity contribution is -0.167. The van der Waals surface area contributed by atoms with Gasteiger partial charge in [0.1, 0.15) is 12.2 Å². The summed E-state index contributed by atoms with van der Waals surface area (Å²) in [5, 5.41) is 10.6. The van der Waals surface area contributed by atoms with Crippen molar-refractivity contribution < 1.29 is 23.5 Å². The summed E-state index contributed by atoms with van der Waals surface area (Å²) in [6.45, 7) is 5.45. The number of hydrogen-bond donors (Lipinski definition) is 0. The fourth-order valence-corrected chi connectivity index (χ4v) is 3.51. The minimum Gasteiger partial charge on any atom is -0.471 e. The number of hydrogen-bond acceptors (Lipinski definition) is 6. The van der Waals surface area contributed by atoms with Gasteiger partial charge >= 0.3 is 11.9 Å². The summed E-state index contributed by atoms with van der Waals surface area (Å²) in [5.74, 6) is -1.27. The SMILES string of the molecule is CC(C)(C)C(OC(=O)c1c(C#N)ccc2cocc12)C(=O)OC1CCCCC1. The van der Waals surface area contributed by atoms with E-state index in [1.165, 1.54) is 12.5 Å². The van der Waals surface area contributed by atoms with Crippen molar-refractivity contribution in [2.45, 2.75) is 65.1 Å². The lowest BCUT2D eigenvalue weighted by atomic mass is 9.88. The first kappa shape index (κ1) is 19.9. The van der Waals surface area contributed by atoms with Crippen LogP contribution in [0.15, 0.2) is 29.1 Å². The third-order valence-electron chi connectivity index (χ3n) is 5.05. The van der Waals surface area contributed by atoms with Crippen LogP contribution in [0, 0.1) is 16.7 Å². The van der Waals surface area contributed by atoms with E-state index >= 15 is 0 Å². The molecule has 1 saturated carbocycles. The van der Waals surface area contributed by atoms with Gasteiger partial charge in [0.25, 0.3) is 0 Å². The molecule has 1 aromatic carbocycles. The molecule has 0 spiro atoms. The summed E-state index contributed by atoms with van der Waals surface area (Å²) in [6.07, 6.45) is 6.58. The largest absolute Gasteiger partial charge is 0.471 e. The van der Waals surface area contributed by atoms with Gasteiger partial charge in [0, 0.05) is 16.2 Å². The van der Waals surface area contributed by atoms with E-state index in [4.69, 9.17) is 13.9 Å². The molecule has 1 aliphatic rings. The van der Waals surface area contributed by atoms with Gasteiger partial charge in [0.05, 0.1) is 23.7 Å². The van der Waals surface area contributed by atoms with Crippen LogP contribution >= 0.6 is 0 Å². The van der Waals surface area contributed by atoms with Crippen LogP contribution in [-0.2, 0) is 14.3 Å². The molecule has 1 aliphatic carbocycles. The molecule has 2 aromatic rings. The number of fused-ring (bicyclic) bond motifs is 1. The van der Waals surface area contributed by atoms with E-state index in [0.717, 1.165) is 32.1 Å². The number of furan rings is 1. The Balaban J connectivity index is 1.85. The third kappa shape index (κ3) is 4.19. The second-order valence-corrected chi connectivity index (χ2v) is 8.32. The van der Waals surface area contributed by atoms with Gasteiger partial charge in [-0.2, -0.15) is 5.26 Å². The number of nitrogens with zero attached hydrogens (tertiary/aromatic N) is 1. The highest BCUT2D eigenvalue weighted by Crippen LogP contribution is 2.30. The van der Waals surface area contributed by atoms with E-state index in [1.54, 1.807) is 12.1 Å². The van der Waals surface area contributed by atoms with Crippen molar-refractivity contribution >= 4 is 22.7 Å². The lowest BCUT2D eigenvalue weighted by Crippen LogP contribution is -2.41. The topological polar surface area (TPSA) is 89.5 Å². The summed E-state index contributed by atoms with van der Waals surface area (Å²) in [5.41, 5.74) is -0.376.